The number of imidazole rings is 1. The number of fused-ring (bicyclic) bond motifs is 1. The van der Waals surface area contributed by atoms with E-state index in [1.54, 1.807) is 25.7 Å². The summed E-state index contributed by atoms with van der Waals surface area (Å²) in [6.45, 7) is 0.459. The maximum Gasteiger partial charge on any atom is 0.251 e. The van der Waals surface area contributed by atoms with Crippen LogP contribution in [-0.2, 0) is 6.54 Å². The van der Waals surface area contributed by atoms with Crippen molar-refractivity contribution in [2.75, 3.05) is 7.11 Å². The summed E-state index contributed by atoms with van der Waals surface area (Å²) in [5.74, 6) is 0.670. The Morgan fingerprint density at radius 2 is 2.24 bits per heavy atom. The second-order valence-corrected chi connectivity index (χ2v) is 4.68. The summed E-state index contributed by atoms with van der Waals surface area (Å²) in [6, 6.07) is 11.2. The van der Waals surface area contributed by atoms with Gasteiger partial charge in [0.25, 0.3) is 5.91 Å². The Balaban J connectivity index is 1.70. The van der Waals surface area contributed by atoms with Gasteiger partial charge in [0, 0.05) is 18.3 Å². The molecule has 0 unspecified atom stereocenters. The van der Waals surface area contributed by atoms with Crippen molar-refractivity contribution in [1.82, 2.24) is 14.7 Å². The highest BCUT2D eigenvalue weighted by Gasteiger charge is 2.06. The molecule has 0 bridgehead atoms. The lowest BCUT2D eigenvalue weighted by molar-refractivity contribution is 0.0951. The van der Waals surface area contributed by atoms with E-state index in [-0.39, 0.29) is 5.91 Å². The predicted octanol–water partition coefficient (Wildman–Crippen LogP) is 2.27. The van der Waals surface area contributed by atoms with Crippen LogP contribution in [-0.4, -0.2) is 22.4 Å². The van der Waals surface area contributed by atoms with Crippen LogP contribution >= 0.6 is 0 Å². The summed E-state index contributed by atoms with van der Waals surface area (Å²) in [6.07, 6.45) is 5.24. The highest BCUT2D eigenvalue weighted by molar-refractivity contribution is 5.95. The van der Waals surface area contributed by atoms with Crippen LogP contribution in [0.15, 0.2) is 55.1 Å². The number of carbonyl (C=O) groups is 1. The number of pyridine rings is 1. The average molecular weight is 281 g/mol. The van der Waals surface area contributed by atoms with Crippen LogP contribution in [0.4, 0.5) is 0 Å². The first-order valence-corrected chi connectivity index (χ1v) is 6.59. The Labute approximate surface area is 122 Å². The fourth-order valence-electron chi connectivity index (χ4n) is 2.13. The molecule has 2 aromatic heterocycles. The molecule has 1 amide bonds. The fourth-order valence-corrected chi connectivity index (χ4v) is 2.13. The lowest BCUT2D eigenvalue weighted by atomic mass is 10.2. The first-order valence-electron chi connectivity index (χ1n) is 6.59. The van der Waals surface area contributed by atoms with Crippen LogP contribution in [0, 0.1) is 0 Å². The van der Waals surface area contributed by atoms with Crippen molar-refractivity contribution < 1.29 is 9.53 Å². The van der Waals surface area contributed by atoms with Gasteiger partial charge in [-0.25, -0.2) is 4.98 Å². The molecule has 0 saturated heterocycles. The number of nitrogens with zero attached hydrogens (tertiary/aromatic N) is 2. The minimum Gasteiger partial charge on any atom is -0.497 e. The fraction of sp³-hybridized carbons (Fsp3) is 0.125. The van der Waals surface area contributed by atoms with E-state index in [9.17, 15) is 4.79 Å². The Kier molecular flexibility index (Phi) is 3.55. The van der Waals surface area contributed by atoms with E-state index in [4.69, 9.17) is 4.74 Å². The van der Waals surface area contributed by atoms with E-state index < -0.39 is 0 Å². The lowest BCUT2D eigenvalue weighted by Gasteiger charge is -2.07. The highest BCUT2D eigenvalue weighted by atomic mass is 16.5. The largest absolute Gasteiger partial charge is 0.497 e. The summed E-state index contributed by atoms with van der Waals surface area (Å²) in [5, 5.41) is 2.90. The number of hydrogen-bond acceptors (Lipinski definition) is 3. The number of methoxy groups -OCH3 is 1. The maximum absolute atomic E-state index is 12.2. The molecule has 0 atom stereocenters. The van der Waals surface area contributed by atoms with Gasteiger partial charge in [0.2, 0.25) is 0 Å². The Morgan fingerprint density at radius 3 is 3.10 bits per heavy atom. The molecule has 5 heteroatoms. The van der Waals surface area contributed by atoms with Gasteiger partial charge in [0.05, 0.1) is 25.2 Å². The number of aromatic nitrogens is 2. The van der Waals surface area contributed by atoms with Crippen LogP contribution in [0.25, 0.3) is 5.52 Å². The van der Waals surface area contributed by atoms with Gasteiger partial charge in [-0.1, -0.05) is 12.1 Å². The third kappa shape index (κ3) is 2.86. The SMILES string of the molecule is COc1cccc(CNC(=O)c2ccn3cncc3c2)c1. The van der Waals surface area contributed by atoms with Crippen molar-refractivity contribution >= 4 is 11.4 Å². The molecule has 0 saturated carbocycles. The molecule has 0 aliphatic carbocycles. The van der Waals surface area contributed by atoms with E-state index in [1.165, 1.54) is 0 Å². The Bertz CT molecular complexity index is 780. The molecule has 3 aromatic rings. The van der Waals surface area contributed by atoms with Crippen LogP contribution in [0.1, 0.15) is 15.9 Å². The van der Waals surface area contributed by atoms with Gasteiger partial charge >= 0.3 is 0 Å². The Morgan fingerprint density at radius 1 is 1.33 bits per heavy atom. The van der Waals surface area contributed by atoms with Crippen LogP contribution in [0.2, 0.25) is 0 Å². The molecule has 0 radical (unpaired) electrons. The van der Waals surface area contributed by atoms with Gasteiger partial charge in [0.15, 0.2) is 0 Å². The number of carbonyl (C=O) groups excluding carboxylic acids is 1. The average Bonchev–Trinajstić information content (AvgIpc) is 3.00. The summed E-state index contributed by atoms with van der Waals surface area (Å²) >= 11 is 0. The number of rotatable bonds is 4. The van der Waals surface area contributed by atoms with Gasteiger partial charge in [-0.15, -0.1) is 0 Å². The summed E-state index contributed by atoms with van der Waals surface area (Å²) < 4.78 is 7.02. The predicted molar refractivity (Wildman–Crippen MR) is 79.4 cm³/mol. The number of hydrogen-bond donors (Lipinski definition) is 1. The number of amides is 1. The topological polar surface area (TPSA) is 55.6 Å². The quantitative estimate of drug-likeness (QED) is 0.798. The molecule has 5 nitrogen and oxygen atoms in total. The van der Waals surface area contributed by atoms with E-state index in [0.29, 0.717) is 12.1 Å². The lowest BCUT2D eigenvalue weighted by Crippen LogP contribution is -2.22. The second-order valence-electron chi connectivity index (χ2n) is 4.68. The maximum atomic E-state index is 12.2. The minimum atomic E-state index is -0.110. The van der Waals surface area contributed by atoms with Crippen molar-refractivity contribution in [1.29, 1.82) is 0 Å². The van der Waals surface area contributed by atoms with Crippen LogP contribution < -0.4 is 10.1 Å². The number of benzene rings is 1. The zero-order chi connectivity index (χ0) is 14.7. The van der Waals surface area contributed by atoms with Crippen LogP contribution in [0.3, 0.4) is 0 Å². The normalized spacial score (nSPS) is 10.5. The molecule has 106 valence electrons. The standard InChI is InChI=1S/C16H15N3O2/c1-21-15-4-2-3-12(7-15)9-18-16(20)13-5-6-19-11-17-10-14(19)8-13/h2-8,10-11H,9H2,1H3,(H,18,20). The van der Waals surface area contributed by atoms with Gasteiger partial charge < -0.3 is 14.5 Å². The molecule has 0 aliphatic heterocycles. The van der Waals surface area contributed by atoms with E-state index in [1.807, 2.05) is 40.9 Å². The summed E-state index contributed by atoms with van der Waals surface area (Å²) in [5.41, 5.74) is 2.50. The molecule has 0 aliphatic rings. The van der Waals surface area contributed by atoms with Gasteiger partial charge in [-0.3, -0.25) is 4.79 Å². The first-order chi connectivity index (χ1) is 10.3. The van der Waals surface area contributed by atoms with Crippen molar-refractivity contribution in [3.05, 3.63) is 66.2 Å². The van der Waals surface area contributed by atoms with Gasteiger partial charge in [0.1, 0.15) is 5.75 Å². The summed E-state index contributed by atoms with van der Waals surface area (Å²) in [4.78, 5) is 16.2. The zero-order valence-electron chi connectivity index (χ0n) is 11.6. The second kappa shape index (κ2) is 5.66. The molecule has 2 heterocycles. The molecular weight excluding hydrogens is 266 g/mol. The number of nitrogens with one attached hydrogen (secondary N) is 1. The summed E-state index contributed by atoms with van der Waals surface area (Å²) in [7, 11) is 1.62. The monoisotopic (exact) mass is 281 g/mol. The van der Waals surface area contributed by atoms with Crippen molar-refractivity contribution in [2.45, 2.75) is 6.54 Å². The smallest absolute Gasteiger partial charge is 0.251 e. The minimum absolute atomic E-state index is 0.110. The van der Waals surface area contributed by atoms with E-state index >= 15 is 0 Å². The third-order valence-electron chi connectivity index (χ3n) is 3.26. The van der Waals surface area contributed by atoms with Crippen molar-refractivity contribution in [3.8, 4) is 5.75 Å². The molecule has 1 N–H and O–H groups in total. The van der Waals surface area contributed by atoms with Gasteiger partial charge in [-0.05, 0) is 29.8 Å². The highest BCUT2D eigenvalue weighted by Crippen LogP contribution is 2.12. The Hall–Kier alpha value is -2.82. The molecule has 1 aromatic carbocycles. The van der Waals surface area contributed by atoms with Gasteiger partial charge in [-0.2, -0.15) is 0 Å². The van der Waals surface area contributed by atoms with Crippen molar-refractivity contribution in [2.24, 2.45) is 0 Å². The molecular formula is C16H15N3O2. The first kappa shape index (κ1) is 13.2. The molecule has 0 spiro atoms. The molecule has 0 fully saturated rings. The van der Waals surface area contributed by atoms with Crippen molar-refractivity contribution in [3.63, 3.8) is 0 Å². The van der Waals surface area contributed by atoms with E-state index in [0.717, 1.165) is 16.8 Å². The third-order valence-corrected chi connectivity index (χ3v) is 3.26. The van der Waals surface area contributed by atoms with E-state index in [2.05, 4.69) is 10.3 Å². The van der Waals surface area contributed by atoms with Crippen LogP contribution in [0.5, 0.6) is 5.75 Å². The molecule has 21 heavy (non-hydrogen) atoms. The molecule has 3 rings (SSSR count). The number of ether oxygens (including phenoxy) is 1. The zero-order valence-corrected chi connectivity index (χ0v) is 11.6.